The predicted molar refractivity (Wildman–Crippen MR) is 75.0 cm³/mol. The number of rotatable bonds is 5. The van der Waals surface area contributed by atoms with Crippen LogP contribution in [0.15, 0.2) is 24.3 Å². The van der Waals surface area contributed by atoms with Gasteiger partial charge in [0.2, 0.25) is 0 Å². The highest BCUT2D eigenvalue weighted by atomic mass is 32.2. The van der Waals surface area contributed by atoms with Crippen molar-refractivity contribution in [3.8, 4) is 0 Å². The molecule has 0 radical (unpaired) electrons. The van der Waals surface area contributed by atoms with Crippen LogP contribution in [-0.4, -0.2) is 21.0 Å². The molecule has 1 saturated carbocycles. The normalized spacial score (nSPS) is 18.2. The molecule has 0 saturated heterocycles. The highest BCUT2D eigenvalue weighted by Gasteiger charge is 2.22. The van der Waals surface area contributed by atoms with Gasteiger partial charge < -0.3 is 0 Å². The maximum Gasteiger partial charge on any atom is 0.149 e. The minimum Gasteiger partial charge on any atom is -0.298 e. The van der Waals surface area contributed by atoms with Crippen LogP contribution in [0.2, 0.25) is 0 Å². The van der Waals surface area contributed by atoms with Gasteiger partial charge in [0.05, 0.1) is 5.75 Å². The Hall–Kier alpha value is -1.03. The van der Waals surface area contributed by atoms with Crippen molar-refractivity contribution in [1.29, 1.82) is 0 Å². The van der Waals surface area contributed by atoms with E-state index >= 15 is 0 Å². The topological polar surface area (TPSA) is 34.1 Å². The molecule has 1 aromatic carbocycles. The van der Waals surface area contributed by atoms with E-state index in [0.29, 0.717) is 5.56 Å². The highest BCUT2D eigenvalue weighted by molar-refractivity contribution is 7.86. The molecule has 0 bridgehead atoms. The number of carbonyl (C=O) groups excluding carboxylic acids is 1. The van der Waals surface area contributed by atoms with E-state index in [2.05, 4.69) is 0 Å². The van der Waals surface area contributed by atoms with Gasteiger partial charge in [-0.25, -0.2) is 4.39 Å². The van der Waals surface area contributed by atoms with Gasteiger partial charge in [0.15, 0.2) is 0 Å². The zero-order valence-corrected chi connectivity index (χ0v) is 11.8. The lowest BCUT2D eigenvalue weighted by Crippen LogP contribution is -2.25. The largest absolute Gasteiger partial charge is 0.298 e. The molecule has 1 aromatic rings. The Morgan fingerprint density at radius 2 is 1.89 bits per heavy atom. The number of hydrogen-bond donors (Lipinski definition) is 0. The second-order valence-corrected chi connectivity index (χ2v) is 6.81. The van der Waals surface area contributed by atoms with Gasteiger partial charge in [-0.05, 0) is 24.5 Å². The molecule has 0 amide bonds. The summed E-state index contributed by atoms with van der Waals surface area (Å²) in [6.07, 6.45) is 5.39. The standard InChI is InChI=1S/C15H19FO2S/c16-15-9-5-4-6-12(15)10-13(17)11-19(18)14-7-2-1-3-8-14/h4-6,9,14H,1-3,7-8,10-11H2. The van der Waals surface area contributed by atoms with Gasteiger partial charge in [-0.3, -0.25) is 9.00 Å². The van der Waals surface area contributed by atoms with E-state index < -0.39 is 10.8 Å². The summed E-state index contributed by atoms with van der Waals surface area (Å²) in [5, 5.41) is 0.165. The second-order valence-electron chi connectivity index (χ2n) is 5.09. The maximum atomic E-state index is 13.4. The van der Waals surface area contributed by atoms with Crippen LogP contribution >= 0.6 is 0 Å². The fourth-order valence-corrected chi connectivity index (χ4v) is 4.02. The highest BCUT2D eigenvalue weighted by Crippen LogP contribution is 2.22. The molecule has 1 unspecified atom stereocenters. The summed E-state index contributed by atoms with van der Waals surface area (Å²) < 4.78 is 25.5. The first kappa shape index (κ1) is 14.4. The van der Waals surface area contributed by atoms with Crippen LogP contribution in [0.25, 0.3) is 0 Å². The average molecular weight is 282 g/mol. The van der Waals surface area contributed by atoms with Crippen molar-refractivity contribution < 1.29 is 13.4 Å². The Kier molecular flexibility index (Phi) is 5.25. The van der Waals surface area contributed by atoms with E-state index in [1.807, 2.05) is 0 Å². The van der Waals surface area contributed by atoms with Crippen LogP contribution in [0.4, 0.5) is 4.39 Å². The molecule has 0 N–H and O–H groups in total. The lowest BCUT2D eigenvalue weighted by atomic mass is 10.0. The summed E-state index contributed by atoms with van der Waals surface area (Å²) in [4.78, 5) is 11.9. The molecule has 1 aliphatic carbocycles. The van der Waals surface area contributed by atoms with Crippen LogP contribution in [0.1, 0.15) is 37.7 Å². The fraction of sp³-hybridized carbons (Fsp3) is 0.533. The van der Waals surface area contributed by atoms with Crippen molar-refractivity contribution in [2.24, 2.45) is 0 Å². The molecule has 2 nitrogen and oxygen atoms in total. The van der Waals surface area contributed by atoms with Gasteiger partial charge in [-0.15, -0.1) is 0 Å². The number of hydrogen-bond acceptors (Lipinski definition) is 2. The van der Waals surface area contributed by atoms with Crippen LogP contribution in [0.3, 0.4) is 0 Å². The van der Waals surface area contributed by atoms with E-state index in [1.165, 1.54) is 12.5 Å². The van der Waals surface area contributed by atoms with Crippen molar-refractivity contribution >= 4 is 16.6 Å². The molecule has 1 atom stereocenters. The van der Waals surface area contributed by atoms with E-state index in [-0.39, 0.29) is 29.0 Å². The van der Waals surface area contributed by atoms with Crippen molar-refractivity contribution in [2.75, 3.05) is 5.75 Å². The second kappa shape index (κ2) is 6.94. The first-order valence-corrected chi connectivity index (χ1v) is 8.17. The summed E-state index contributed by atoms with van der Waals surface area (Å²) in [6.45, 7) is 0. The van der Waals surface area contributed by atoms with Gasteiger partial charge >= 0.3 is 0 Å². The van der Waals surface area contributed by atoms with Gasteiger partial charge in [-0.2, -0.15) is 0 Å². The Balaban J connectivity index is 1.87. The molecular weight excluding hydrogens is 263 g/mol. The van der Waals surface area contributed by atoms with Crippen molar-refractivity contribution in [1.82, 2.24) is 0 Å². The van der Waals surface area contributed by atoms with Crippen LogP contribution in [0.5, 0.6) is 0 Å². The molecule has 0 heterocycles. The first-order valence-electron chi connectivity index (χ1n) is 6.79. The molecule has 19 heavy (non-hydrogen) atoms. The molecule has 1 fully saturated rings. The third-order valence-electron chi connectivity index (χ3n) is 3.57. The monoisotopic (exact) mass is 282 g/mol. The van der Waals surface area contributed by atoms with E-state index in [1.54, 1.807) is 18.2 Å². The number of Topliss-reactive ketones (excluding diaryl/α,β-unsaturated/α-hetero) is 1. The lowest BCUT2D eigenvalue weighted by Gasteiger charge is -2.20. The third kappa shape index (κ3) is 4.23. The van der Waals surface area contributed by atoms with Crippen LogP contribution in [0, 0.1) is 5.82 Å². The van der Waals surface area contributed by atoms with Crippen molar-refractivity contribution in [2.45, 2.75) is 43.8 Å². The van der Waals surface area contributed by atoms with Gasteiger partial charge in [-0.1, -0.05) is 37.5 Å². The SMILES string of the molecule is O=C(Cc1ccccc1F)CS(=O)C1CCCCC1. The van der Waals surface area contributed by atoms with E-state index in [9.17, 15) is 13.4 Å². The van der Waals surface area contributed by atoms with Crippen molar-refractivity contribution in [3.05, 3.63) is 35.6 Å². The summed E-state index contributed by atoms with van der Waals surface area (Å²) in [5.74, 6) is -0.424. The first-order chi connectivity index (χ1) is 9.16. The van der Waals surface area contributed by atoms with Crippen LogP contribution in [-0.2, 0) is 22.0 Å². The average Bonchev–Trinajstić information content (AvgIpc) is 2.42. The zero-order chi connectivity index (χ0) is 13.7. The Morgan fingerprint density at radius 3 is 2.58 bits per heavy atom. The molecule has 4 heteroatoms. The molecule has 2 rings (SSSR count). The van der Waals surface area contributed by atoms with Crippen molar-refractivity contribution in [3.63, 3.8) is 0 Å². The Labute approximate surface area is 115 Å². The van der Waals surface area contributed by atoms with Gasteiger partial charge in [0, 0.05) is 22.5 Å². The quantitative estimate of drug-likeness (QED) is 0.832. The molecule has 0 aliphatic heterocycles. The van der Waals surface area contributed by atoms with Gasteiger partial charge in [0.1, 0.15) is 11.6 Å². The lowest BCUT2D eigenvalue weighted by molar-refractivity contribution is -0.116. The molecule has 1 aliphatic rings. The molecule has 104 valence electrons. The summed E-state index contributed by atoms with van der Waals surface area (Å²) in [5.41, 5.74) is 0.396. The molecule has 0 spiro atoms. The predicted octanol–water partition coefficient (Wildman–Crippen LogP) is 3.02. The number of benzene rings is 1. The number of carbonyl (C=O) groups is 1. The van der Waals surface area contributed by atoms with Gasteiger partial charge in [0.25, 0.3) is 0 Å². The summed E-state index contributed by atoms with van der Waals surface area (Å²) in [6, 6.07) is 6.27. The zero-order valence-electron chi connectivity index (χ0n) is 10.9. The van der Waals surface area contributed by atoms with Crippen LogP contribution < -0.4 is 0 Å². The number of ketones is 1. The minimum absolute atomic E-state index is 0.0468. The Morgan fingerprint density at radius 1 is 1.21 bits per heavy atom. The smallest absolute Gasteiger partial charge is 0.149 e. The van der Waals surface area contributed by atoms with E-state index in [4.69, 9.17) is 0 Å². The van der Waals surface area contributed by atoms with E-state index in [0.717, 1.165) is 25.7 Å². The molecular formula is C15H19FO2S. The third-order valence-corrected chi connectivity index (χ3v) is 5.39. The summed E-state index contributed by atoms with van der Waals surface area (Å²) >= 11 is 0. The summed E-state index contributed by atoms with van der Waals surface area (Å²) in [7, 11) is -1.09. The number of halogens is 1. The fourth-order valence-electron chi connectivity index (χ4n) is 2.51. The Bertz CT molecular complexity index is 467. The molecule has 0 aromatic heterocycles. The minimum atomic E-state index is -1.09. The maximum absolute atomic E-state index is 13.4.